The highest BCUT2D eigenvalue weighted by Crippen LogP contribution is 2.47. The molecule has 2 saturated carbocycles. The average Bonchev–Trinajstić information content (AvgIpc) is 3.72. The third kappa shape index (κ3) is 7.06. The maximum Gasteiger partial charge on any atom is 0.433 e. The van der Waals surface area contributed by atoms with Crippen LogP contribution in [0.4, 0.5) is 4.79 Å². The molecule has 0 aromatic carbocycles. The number of hydrogen-bond donors (Lipinski definition) is 2. The lowest BCUT2D eigenvalue weighted by molar-refractivity contribution is -0.141. The summed E-state index contributed by atoms with van der Waals surface area (Å²) >= 11 is 0. The van der Waals surface area contributed by atoms with Crippen molar-refractivity contribution in [3.8, 4) is 0 Å². The molecule has 0 spiro atoms. The predicted octanol–water partition coefficient (Wildman–Crippen LogP) is 3.49. The van der Waals surface area contributed by atoms with Gasteiger partial charge >= 0.3 is 6.09 Å². The van der Waals surface area contributed by atoms with Crippen molar-refractivity contribution in [3.05, 3.63) is 12.2 Å². The van der Waals surface area contributed by atoms with Gasteiger partial charge in [-0.2, -0.15) is 4.99 Å². The number of nitrogens with zero attached hydrogens (tertiary/aromatic N) is 2. The number of hydrogen-bond acceptors (Lipinski definition) is 7. The second-order valence-corrected chi connectivity index (χ2v) is 16.1. The summed E-state index contributed by atoms with van der Waals surface area (Å²) in [6.07, 6.45) is 8.98. The molecular weight excluding hydrogens is 560 g/mol. The smallest absolute Gasteiger partial charge is 0.433 e. The topological polar surface area (TPSA) is 151 Å². The molecule has 6 atom stereocenters. The molecule has 2 N–H and O–H groups in total. The Kier molecular flexibility index (Phi) is 8.98. The van der Waals surface area contributed by atoms with E-state index in [4.69, 9.17) is 4.74 Å². The summed E-state index contributed by atoms with van der Waals surface area (Å²) in [5, 5.41) is 2.87. The van der Waals surface area contributed by atoms with E-state index in [9.17, 15) is 27.6 Å². The molecule has 0 radical (unpaired) electrons. The third-order valence-corrected chi connectivity index (χ3v) is 11.2. The summed E-state index contributed by atoms with van der Waals surface area (Å²) in [5.74, 6) is -2.51. The van der Waals surface area contributed by atoms with Gasteiger partial charge in [0.1, 0.15) is 17.2 Å². The van der Waals surface area contributed by atoms with Crippen LogP contribution in [0.1, 0.15) is 92.9 Å². The van der Waals surface area contributed by atoms with E-state index in [1.807, 2.05) is 19.1 Å². The summed E-state index contributed by atoms with van der Waals surface area (Å²) in [6, 6.07) is -0.822. The monoisotopic (exact) mass is 606 g/mol. The zero-order chi connectivity index (χ0) is 31.1. The first kappa shape index (κ1) is 32.2. The lowest BCUT2D eigenvalue weighted by Gasteiger charge is -2.31. The molecule has 4 aliphatic rings. The Bertz CT molecular complexity index is 1270. The standard InChI is InChI=1S/C30H46N4O7S/c1-19-10-7-8-11-21-17-30(21,26(37)33-42(39,40)29(6)13-14-29)32-24(35)23-12-9-15-34(23)25(36)22(20(2)16-19)18-31-27(38)41-28(3,4)5/h8,11,18-23H,7,9-10,12-17H2,1-6H3,(H,32,35)(H,33,37)/b11-8-,31-18?/t19?,20-,21+,22?,23+,30-/m1/s1. The molecule has 234 valence electrons. The number of sulfonamides is 1. The normalized spacial score (nSPS) is 34.3. The zero-order valence-corrected chi connectivity index (χ0v) is 26.5. The van der Waals surface area contributed by atoms with Crippen LogP contribution in [0, 0.1) is 23.7 Å². The minimum absolute atomic E-state index is 0.156. The molecular formula is C30H46N4O7S. The van der Waals surface area contributed by atoms with Gasteiger partial charge in [-0.15, -0.1) is 0 Å². The fourth-order valence-electron chi connectivity index (χ4n) is 5.98. The van der Waals surface area contributed by atoms with Gasteiger partial charge in [0.25, 0.3) is 5.91 Å². The molecule has 4 amide bonds. The number of carbonyl (C=O) groups is 4. The second-order valence-electron chi connectivity index (χ2n) is 14.0. The second kappa shape index (κ2) is 11.7. The van der Waals surface area contributed by atoms with E-state index in [2.05, 4.69) is 22.0 Å². The maximum absolute atomic E-state index is 14.0. The van der Waals surface area contributed by atoms with Gasteiger partial charge in [0.05, 0.1) is 10.7 Å². The number of fused-ring (bicyclic) bond motifs is 2. The van der Waals surface area contributed by atoms with E-state index < -0.39 is 55.8 Å². The summed E-state index contributed by atoms with van der Waals surface area (Å²) < 4.78 is 32.3. The Morgan fingerprint density at radius 1 is 1.19 bits per heavy atom. The van der Waals surface area contributed by atoms with Gasteiger partial charge in [-0.25, -0.2) is 13.2 Å². The molecule has 0 aromatic heterocycles. The maximum atomic E-state index is 14.0. The van der Waals surface area contributed by atoms with Crippen molar-refractivity contribution in [1.29, 1.82) is 0 Å². The minimum Gasteiger partial charge on any atom is -0.442 e. The van der Waals surface area contributed by atoms with Crippen molar-refractivity contribution < 1.29 is 32.3 Å². The first-order valence-corrected chi connectivity index (χ1v) is 16.6. The first-order valence-electron chi connectivity index (χ1n) is 15.1. The van der Waals surface area contributed by atoms with Crippen LogP contribution in [0.25, 0.3) is 0 Å². The van der Waals surface area contributed by atoms with Crippen molar-refractivity contribution in [2.24, 2.45) is 28.7 Å². The molecule has 12 heteroatoms. The number of ether oxygens (including phenoxy) is 1. The number of carbonyl (C=O) groups excluding carboxylic acids is 4. The van der Waals surface area contributed by atoms with Crippen molar-refractivity contribution >= 4 is 40.1 Å². The Labute approximate surface area is 249 Å². The Morgan fingerprint density at radius 3 is 2.52 bits per heavy atom. The van der Waals surface area contributed by atoms with Crippen LogP contribution in [-0.2, 0) is 29.1 Å². The molecule has 0 aromatic rings. The summed E-state index contributed by atoms with van der Waals surface area (Å²) in [7, 11) is -3.89. The Hall–Kier alpha value is -2.76. The molecule has 2 heterocycles. The van der Waals surface area contributed by atoms with Crippen molar-refractivity contribution in [2.45, 2.75) is 115 Å². The quantitative estimate of drug-likeness (QED) is 0.367. The molecule has 11 nitrogen and oxygen atoms in total. The molecule has 42 heavy (non-hydrogen) atoms. The molecule has 2 aliphatic carbocycles. The summed E-state index contributed by atoms with van der Waals surface area (Å²) in [4.78, 5) is 59.0. The van der Waals surface area contributed by atoms with Crippen LogP contribution in [-0.4, -0.2) is 71.8 Å². The third-order valence-electron chi connectivity index (χ3n) is 9.04. The largest absolute Gasteiger partial charge is 0.442 e. The Balaban J connectivity index is 1.61. The lowest BCUT2D eigenvalue weighted by atomic mass is 9.84. The van der Waals surface area contributed by atoms with E-state index in [0.717, 1.165) is 12.8 Å². The number of nitrogens with one attached hydrogen (secondary N) is 2. The highest BCUT2D eigenvalue weighted by molar-refractivity contribution is 7.91. The molecule has 2 aliphatic heterocycles. The highest BCUT2D eigenvalue weighted by Gasteiger charge is 2.63. The number of rotatable bonds is 4. The van der Waals surface area contributed by atoms with Gasteiger partial charge < -0.3 is 15.0 Å². The van der Waals surface area contributed by atoms with Crippen molar-refractivity contribution in [1.82, 2.24) is 14.9 Å². The number of allylic oxidation sites excluding steroid dienone is 1. The van der Waals surface area contributed by atoms with E-state index in [1.165, 1.54) is 11.1 Å². The van der Waals surface area contributed by atoms with Crippen LogP contribution in [0.15, 0.2) is 17.1 Å². The van der Waals surface area contributed by atoms with Crippen LogP contribution >= 0.6 is 0 Å². The van der Waals surface area contributed by atoms with E-state index in [0.29, 0.717) is 38.6 Å². The van der Waals surface area contributed by atoms with E-state index in [1.54, 1.807) is 27.7 Å². The highest BCUT2D eigenvalue weighted by atomic mass is 32.2. The Morgan fingerprint density at radius 2 is 1.88 bits per heavy atom. The van der Waals surface area contributed by atoms with Crippen LogP contribution in [0.5, 0.6) is 0 Å². The van der Waals surface area contributed by atoms with Gasteiger partial charge in [-0.3, -0.25) is 19.1 Å². The van der Waals surface area contributed by atoms with Crippen molar-refractivity contribution in [2.75, 3.05) is 6.54 Å². The first-order chi connectivity index (χ1) is 19.5. The van der Waals surface area contributed by atoms with Gasteiger partial charge in [-0.1, -0.05) is 26.0 Å². The lowest BCUT2D eigenvalue weighted by Crippen LogP contribution is -2.57. The van der Waals surface area contributed by atoms with Gasteiger partial charge in [0.15, 0.2) is 0 Å². The molecule has 4 rings (SSSR count). The fourth-order valence-corrected chi connectivity index (χ4v) is 7.30. The number of amides is 4. The van der Waals surface area contributed by atoms with Crippen LogP contribution in [0.3, 0.4) is 0 Å². The van der Waals surface area contributed by atoms with Crippen LogP contribution in [0.2, 0.25) is 0 Å². The van der Waals surface area contributed by atoms with Gasteiger partial charge in [0.2, 0.25) is 21.8 Å². The average molecular weight is 607 g/mol. The molecule has 0 bridgehead atoms. The fraction of sp³-hybridized carbons (Fsp3) is 0.767. The van der Waals surface area contributed by atoms with Crippen LogP contribution < -0.4 is 10.0 Å². The summed E-state index contributed by atoms with van der Waals surface area (Å²) in [6.45, 7) is 11.2. The SMILES string of the molecule is CC1CC/C=C\[C@H]2C[C@@]2(C(=O)NS(=O)(=O)C2(C)CC2)NC(=O)[C@@H]2CCCN2C(=O)C(C=NC(=O)OC(C)(C)C)[C@H](C)C1. The molecule has 2 unspecified atom stereocenters. The molecule has 1 saturated heterocycles. The molecule has 3 fully saturated rings. The summed E-state index contributed by atoms with van der Waals surface area (Å²) in [5.41, 5.74) is -2.12. The van der Waals surface area contributed by atoms with Gasteiger partial charge in [-0.05, 0) is 90.9 Å². The minimum atomic E-state index is -3.89. The van der Waals surface area contributed by atoms with Gasteiger partial charge in [0, 0.05) is 18.7 Å². The van der Waals surface area contributed by atoms with Crippen molar-refractivity contribution in [3.63, 3.8) is 0 Å². The zero-order valence-electron chi connectivity index (χ0n) is 25.6. The van der Waals surface area contributed by atoms with E-state index >= 15 is 0 Å². The van der Waals surface area contributed by atoms with E-state index in [-0.39, 0.29) is 30.1 Å². The number of aliphatic imine (C=N–C) groups is 1. The predicted molar refractivity (Wildman–Crippen MR) is 158 cm³/mol.